The summed E-state index contributed by atoms with van der Waals surface area (Å²) in [4.78, 5) is 11.6. The maximum absolute atomic E-state index is 11.6. The molecule has 2 nitrogen and oxygen atoms in total. The van der Waals surface area contributed by atoms with Crippen molar-refractivity contribution < 1.29 is 9.53 Å². The first-order valence-corrected chi connectivity index (χ1v) is 6.58. The van der Waals surface area contributed by atoms with Crippen LogP contribution in [0.15, 0.2) is 24.3 Å². The summed E-state index contributed by atoms with van der Waals surface area (Å²) in [5, 5.41) is 0. The van der Waals surface area contributed by atoms with Gasteiger partial charge in [-0.3, -0.25) is 4.79 Å². The van der Waals surface area contributed by atoms with Crippen LogP contribution in [0.5, 0.6) is 0 Å². The highest BCUT2D eigenvalue weighted by atomic mass is 16.5. The average molecular weight is 248 g/mol. The van der Waals surface area contributed by atoms with Gasteiger partial charge in [-0.05, 0) is 43.7 Å². The van der Waals surface area contributed by atoms with Crippen LogP contribution in [0.1, 0.15) is 51.2 Å². The molecule has 0 amide bonds. The summed E-state index contributed by atoms with van der Waals surface area (Å²) in [6.07, 6.45) is 1.85. The fourth-order valence-corrected chi connectivity index (χ4v) is 2.06. The Labute approximate surface area is 110 Å². The van der Waals surface area contributed by atoms with E-state index in [1.165, 1.54) is 18.2 Å². The highest BCUT2D eigenvalue weighted by molar-refractivity contribution is 5.76. The van der Waals surface area contributed by atoms with Crippen LogP contribution >= 0.6 is 0 Å². The van der Waals surface area contributed by atoms with Crippen molar-refractivity contribution >= 4 is 5.97 Å². The van der Waals surface area contributed by atoms with Gasteiger partial charge in [0.05, 0.1) is 12.5 Å². The Hall–Kier alpha value is -1.31. The predicted octanol–water partition coefficient (Wildman–Crippen LogP) is 3.94. The van der Waals surface area contributed by atoms with Crippen LogP contribution in [0.3, 0.4) is 0 Å². The van der Waals surface area contributed by atoms with E-state index in [0.29, 0.717) is 12.3 Å². The number of hydrogen-bond donors (Lipinski definition) is 0. The summed E-state index contributed by atoms with van der Waals surface area (Å²) in [5.74, 6) is 0.432. The van der Waals surface area contributed by atoms with Crippen molar-refractivity contribution in [3.05, 3.63) is 35.4 Å². The lowest BCUT2D eigenvalue weighted by molar-refractivity contribution is -0.150. The number of hydrogen-bond acceptors (Lipinski definition) is 2. The monoisotopic (exact) mass is 248 g/mol. The zero-order valence-electron chi connectivity index (χ0n) is 12.1. The van der Waals surface area contributed by atoms with Crippen molar-refractivity contribution in [2.24, 2.45) is 5.41 Å². The normalized spacial score (nSPS) is 13.2. The summed E-state index contributed by atoms with van der Waals surface area (Å²) in [6.45, 7) is 8.26. The molecule has 1 unspecified atom stereocenters. The lowest BCUT2D eigenvalue weighted by Gasteiger charge is -2.21. The van der Waals surface area contributed by atoms with E-state index in [9.17, 15) is 4.79 Å². The van der Waals surface area contributed by atoms with Crippen molar-refractivity contribution in [1.82, 2.24) is 0 Å². The molecule has 0 aliphatic carbocycles. The van der Waals surface area contributed by atoms with Gasteiger partial charge in [0.1, 0.15) is 0 Å². The summed E-state index contributed by atoms with van der Waals surface area (Å²) in [7, 11) is 1.44. The van der Waals surface area contributed by atoms with Crippen molar-refractivity contribution in [2.75, 3.05) is 7.11 Å². The highest BCUT2D eigenvalue weighted by Gasteiger charge is 2.28. The highest BCUT2D eigenvalue weighted by Crippen LogP contribution is 2.25. The minimum atomic E-state index is -0.466. The molecule has 2 heteroatoms. The van der Waals surface area contributed by atoms with Gasteiger partial charge < -0.3 is 4.74 Å². The number of methoxy groups -OCH3 is 1. The van der Waals surface area contributed by atoms with Gasteiger partial charge in [-0.15, -0.1) is 0 Å². The largest absolute Gasteiger partial charge is 0.469 e. The standard InChI is InChI=1S/C16H24O2/c1-6-12(2)14-9-7-13(8-10-14)11-16(3,4)15(17)18-5/h7-10,12H,6,11H2,1-5H3. The molecule has 1 aromatic rings. The minimum absolute atomic E-state index is 0.159. The molecule has 0 bridgehead atoms. The summed E-state index contributed by atoms with van der Waals surface area (Å²) in [5.41, 5.74) is 2.07. The third-order valence-electron chi connectivity index (χ3n) is 3.55. The summed E-state index contributed by atoms with van der Waals surface area (Å²) in [6, 6.07) is 8.56. The van der Waals surface area contributed by atoms with Crippen molar-refractivity contribution in [1.29, 1.82) is 0 Å². The van der Waals surface area contributed by atoms with E-state index in [1.807, 2.05) is 13.8 Å². The minimum Gasteiger partial charge on any atom is -0.469 e. The van der Waals surface area contributed by atoms with Crippen LogP contribution in [-0.4, -0.2) is 13.1 Å². The van der Waals surface area contributed by atoms with Crippen molar-refractivity contribution in [2.45, 2.75) is 46.5 Å². The molecule has 100 valence electrons. The Morgan fingerprint density at radius 3 is 2.28 bits per heavy atom. The van der Waals surface area contributed by atoms with Gasteiger partial charge in [0.2, 0.25) is 0 Å². The van der Waals surface area contributed by atoms with Crippen molar-refractivity contribution in [3.8, 4) is 0 Å². The van der Waals surface area contributed by atoms with E-state index in [0.717, 1.165) is 6.42 Å². The van der Waals surface area contributed by atoms with E-state index < -0.39 is 5.41 Å². The van der Waals surface area contributed by atoms with Gasteiger partial charge >= 0.3 is 5.97 Å². The van der Waals surface area contributed by atoms with E-state index in [1.54, 1.807) is 0 Å². The van der Waals surface area contributed by atoms with Crippen LogP contribution in [0.2, 0.25) is 0 Å². The van der Waals surface area contributed by atoms with E-state index in [-0.39, 0.29) is 5.97 Å². The Morgan fingerprint density at radius 1 is 1.28 bits per heavy atom. The number of rotatable bonds is 5. The van der Waals surface area contributed by atoms with Crippen LogP contribution < -0.4 is 0 Å². The zero-order valence-corrected chi connectivity index (χ0v) is 12.1. The van der Waals surface area contributed by atoms with E-state index in [2.05, 4.69) is 38.1 Å². The van der Waals surface area contributed by atoms with Crippen molar-refractivity contribution in [3.63, 3.8) is 0 Å². The lowest BCUT2D eigenvalue weighted by atomic mass is 9.85. The second-order valence-electron chi connectivity index (χ2n) is 5.60. The van der Waals surface area contributed by atoms with Crippen LogP contribution in [0.4, 0.5) is 0 Å². The number of ether oxygens (including phenoxy) is 1. The molecule has 0 saturated carbocycles. The number of esters is 1. The molecule has 0 radical (unpaired) electrons. The van der Waals surface area contributed by atoms with Gasteiger partial charge in [-0.2, -0.15) is 0 Å². The van der Waals surface area contributed by atoms with Crippen LogP contribution in [0.25, 0.3) is 0 Å². The first-order chi connectivity index (χ1) is 8.40. The maximum Gasteiger partial charge on any atom is 0.311 e. The molecule has 0 aliphatic heterocycles. The Balaban J connectivity index is 2.78. The Bertz CT molecular complexity index is 390. The molecule has 1 aromatic carbocycles. The quantitative estimate of drug-likeness (QED) is 0.738. The molecule has 0 saturated heterocycles. The molecule has 0 fully saturated rings. The zero-order chi connectivity index (χ0) is 13.8. The molecular weight excluding hydrogens is 224 g/mol. The summed E-state index contributed by atoms with van der Waals surface area (Å²) < 4.78 is 4.83. The van der Waals surface area contributed by atoms with Gasteiger partial charge in [0.15, 0.2) is 0 Å². The fraction of sp³-hybridized carbons (Fsp3) is 0.562. The molecule has 1 rings (SSSR count). The maximum atomic E-state index is 11.6. The molecule has 18 heavy (non-hydrogen) atoms. The molecule has 0 heterocycles. The third kappa shape index (κ3) is 3.59. The Morgan fingerprint density at radius 2 is 1.83 bits per heavy atom. The van der Waals surface area contributed by atoms with E-state index in [4.69, 9.17) is 4.74 Å². The predicted molar refractivity (Wildman–Crippen MR) is 74.6 cm³/mol. The van der Waals surface area contributed by atoms with Crippen LogP contribution in [0, 0.1) is 5.41 Å². The van der Waals surface area contributed by atoms with Gasteiger partial charge in [-0.1, -0.05) is 38.1 Å². The first-order valence-electron chi connectivity index (χ1n) is 6.58. The molecule has 0 aromatic heterocycles. The molecule has 0 aliphatic rings. The second kappa shape index (κ2) is 6.03. The smallest absolute Gasteiger partial charge is 0.311 e. The molecule has 1 atom stereocenters. The average Bonchev–Trinajstić information content (AvgIpc) is 2.37. The lowest BCUT2D eigenvalue weighted by Crippen LogP contribution is -2.27. The number of carbonyl (C=O) groups excluding carboxylic acids is 1. The fourth-order valence-electron chi connectivity index (χ4n) is 2.06. The molecular formula is C16H24O2. The third-order valence-corrected chi connectivity index (χ3v) is 3.55. The summed E-state index contributed by atoms with van der Waals surface area (Å²) >= 11 is 0. The topological polar surface area (TPSA) is 26.3 Å². The number of benzene rings is 1. The van der Waals surface area contributed by atoms with Gasteiger partial charge in [-0.25, -0.2) is 0 Å². The van der Waals surface area contributed by atoms with Gasteiger partial charge in [0, 0.05) is 0 Å². The number of carbonyl (C=O) groups is 1. The first kappa shape index (κ1) is 14.7. The van der Waals surface area contributed by atoms with E-state index >= 15 is 0 Å². The van der Waals surface area contributed by atoms with Gasteiger partial charge in [0.25, 0.3) is 0 Å². The second-order valence-corrected chi connectivity index (χ2v) is 5.60. The Kier molecular flexibility index (Phi) is 4.94. The molecule has 0 N–H and O–H groups in total. The SMILES string of the molecule is CCC(C)c1ccc(CC(C)(C)C(=O)OC)cc1. The molecule has 0 spiro atoms. The van der Waals surface area contributed by atoms with Crippen LogP contribution in [-0.2, 0) is 16.0 Å².